The van der Waals surface area contributed by atoms with Gasteiger partial charge < -0.3 is 4.42 Å². The third kappa shape index (κ3) is 5.12. The molecule has 0 aliphatic heterocycles. The molecule has 0 saturated heterocycles. The minimum atomic E-state index is 0.633. The van der Waals surface area contributed by atoms with Gasteiger partial charge in [0, 0.05) is 27.3 Å². The van der Waals surface area contributed by atoms with Crippen molar-refractivity contribution in [1.82, 2.24) is 15.0 Å². The number of fused-ring (bicyclic) bond motifs is 6. The standard InChI is InChI=1S/C47H31N3O/c1-3-13-33(14-4-1)45-48-46(34-15-5-2-6-16-34)50-47(49-45)35-26-27-39-42-29-41(38-19-9-10-20-40(38)44(42)51-43(39)28-35)32-24-22-31(23-25-32)37-21-11-17-30-12-7-8-18-36(30)37/h1-5,7-15,17-29H,6,16H2. The number of hydrogen-bond donors (Lipinski definition) is 0. The monoisotopic (exact) mass is 653 g/mol. The molecule has 0 spiro atoms. The lowest BCUT2D eigenvalue weighted by atomic mass is 9.93. The third-order valence-electron chi connectivity index (χ3n) is 10.0. The quantitative estimate of drug-likeness (QED) is 0.185. The minimum Gasteiger partial charge on any atom is -0.455 e. The largest absolute Gasteiger partial charge is 0.455 e. The fourth-order valence-corrected chi connectivity index (χ4v) is 7.44. The van der Waals surface area contributed by atoms with Crippen LogP contribution in [0.15, 0.2) is 168 Å². The van der Waals surface area contributed by atoms with Crippen molar-refractivity contribution in [3.63, 3.8) is 0 Å². The lowest BCUT2D eigenvalue weighted by Crippen LogP contribution is -2.03. The summed E-state index contributed by atoms with van der Waals surface area (Å²) in [5, 5.41) is 6.90. The Morgan fingerprint density at radius 3 is 1.92 bits per heavy atom. The normalized spacial score (nSPS) is 13.0. The molecule has 0 N–H and O–H groups in total. The molecule has 0 radical (unpaired) electrons. The first kappa shape index (κ1) is 29.3. The second-order valence-electron chi connectivity index (χ2n) is 13.1. The molecular formula is C47H31N3O. The van der Waals surface area contributed by atoms with Gasteiger partial charge >= 0.3 is 0 Å². The molecule has 0 fully saturated rings. The zero-order chi connectivity index (χ0) is 33.7. The van der Waals surface area contributed by atoms with E-state index in [-0.39, 0.29) is 0 Å². The van der Waals surface area contributed by atoms with Gasteiger partial charge in [-0.3, -0.25) is 0 Å². The van der Waals surface area contributed by atoms with Gasteiger partial charge in [-0.25, -0.2) is 15.0 Å². The van der Waals surface area contributed by atoms with Crippen LogP contribution >= 0.6 is 0 Å². The first-order valence-electron chi connectivity index (χ1n) is 17.4. The summed E-state index contributed by atoms with van der Waals surface area (Å²) >= 11 is 0. The zero-order valence-electron chi connectivity index (χ0n) is 27.8. The highest BCUT2D eigenvalue weighted by Gasteiger charge is 2.18. The molecule has 240 valence electrons. The van der Waals surface area contributed by atoms with Gasteiger partial charge in [-0.05, 0) is 75.0 Å². The van der Waals surface area contributed by atoms with Gasteiger partial charge in [0.2, 0.25) is 0 Å². The number of benzene rings is 7. The molecule has 0 unspecified atom stereocenters. The fraction of sp³-hybridized carbons (Fsp3) is 0.0426. The van der Waals surface area contributed by atoms with E-state index >= 15 is 0 Å². The zero-order valence-corrected chi connectivity index (χ0v) is 27.8. The first-order valence-corrected chi connectivity index (χ1v) is 17.4. The maximum absolute atomic E-state index is 6.71. The summed E-state index contributed by atoms with van der Waals surface area (Å²) in [6, 6.07) is 51.3. The molecule has 1 aliphatic rings. The third-order valence-corrected chi connectivity index (χ3v) is 10.0. The Kier molecular flexibility index (Phi) is 6.91. The Labute approximate surface area is 295 Å². The van der Waals surface area contributed by atoms with Crippen LogP contribution in [-0.4, -0.2) is 15.0 Å². The van der Waals surface area contributed by atoms with Crippen molar-refractivity contribution in [2.24, 2.45) is 0 Å². The van der Waals surface area contributed by atoms with Gasteiger partial charge in [0.1, 0.15) is 11.2 Å². The summed E-state index contributed by atoms with van der Waals surface area (Å²) in [5.74, 6) is 2.02. The fourth-order valence-electron chi connectivity index (χ4n) is 7.44. The van der Waals surface area contributed by atoms with Crippen LogP contribution in [0.25, 0.3) is 94.1 Å². The highest BCUT2D eigenvalue weighted by molar-refractivity contribution is 6.19. The van der Waals surface area contributed by atoms with E-state index in [9.17, 15) is 0 Å². The molecule has 4 heteroatoms. The van der Waals surface area contributed by atoms with Crippen LogP contribution in [0.4, 0.5) is 0 Å². The maximum atomic E-state index is 6.71. The lowest BCUT2D eigenvalue weighted by molar-refractivity contribution is 0.673. The lowest BCUT2D eigenvalue weighted by Gasteiger charge is -2.11. The minimum absolute atomic E-state index is 0.633. The Hall–Kier alpha value is -6.65. The second kappa shape index (κ2) is 12.0. The van der Waals surface area contributed by atoms with Crippen molar-refractivity contribution >= 4 is 49.1 Å². The van der Waals surface area contributed by atoms with Gasteiger partial charge in [-0.15, -0.1) is 0 Å². The summed E-state index contributed by atoms with van der Waals surface area (Å²) in [4.78, 5) is 14.9. The van der Waals surface area contributed by atoms with E-state index in [4.69, 9.17) is 19.4 Å². The van der Waals surface area contributed by atoms with Crippen LogP contribution in [0.1, 0.15) is 18.7 Å². The van der Waals surface area contributed by atoms with Gasteiger partial charge in [0.05, 0.1) is 0 Å². The Balaban J connectivity index is 1.10. The molecule has 0 saturated carbocycles. The predicted octanol–water partition coefficient (Wildman–Crippen LogP) is 12.5. The smallest absolute Gasteiger partial charge is 0.164 e. The SMILES string of the molecule is C1=CCCC(c2nc(-c3ccccc3)nc(-c3ccc4c(c3)oc3c5ccccc5c(-c5ccc(-c6cccc7ccccc67)cc5)cc43)n2)=C1. The number of furan rings is 1. The molecule has 0 atom stereocenters. The molecule has 9 aromatic rings. The predicted molar refractivity (Wildman–Crippen MR) is 210 cm³/mol. The maximum Gasteiger partial charge on any atom is 0.164 e. The van der Waals surface area contributed by atoms with E-state index in [1.165, 1.54) is 33.0 Å². The molecule has 2 aromatic heterocycles. The Bertz CT molecular complexity index is 2840. The highest BCUT2D eigenvalue weighted by Crippen LogP contribution is 2.41. The van der Waals surface area contributed by atoms with Crippen LogP contribution in [0.5, 0.6) is 0 Å². The van der Waals surface area contributed by atoms with Crippen molar-refractivity contribution in [2.75, 3.05) is 0 Å². The van der Waals surface area contributed by atoms with Crippen LogP contribution in [0.3, 0.4) is 0 Å². The molecule has 0 bridgehead atoms. The summed E-state index contributed by atoms with van der Waals surface area (Å²) in [6.45, 7) is 0. The molecule has 4 nitrogen and oxygen atoms in total. The average Bonchev–Trinajstić information content (AvgIpc) is 3.59. The number of allylic oxidation sites excluding steroid dienone is 4. The van der Waals surface area contributed by atoms with Gasteiger partial charge in [0.25, 0.3) is 0 Å². The summed E-state index contributed by atoms with van der Waals surface area (Å²) < 4.78 is 6.71. The molecule has 2 heterocycles. The molecule has 7 aromatic carbocycles. The van der Waals surface area contributed by atoms with Crippen LogP contribution in [0, 0.1) is 0 Å². The van der Waals surface area contributed by atoms with E-state index in [2.05, 4.69) is 133 Å². The highest BCUT2D eigenvalue weighted by atomic mass is 16.3. The van der Waals surface area contributed by atoms with Gasteiger partial charge in [0.15, 0.2) is 17.5 Å². The number of hydrogen-bond acceptors (Lipinski definition) is 4. The molecule has 51 heavy (non-hydrogen) atoms. The van der Waals surface area contributed by atoms with Crippen molar-refractivity contribution in [3.8, 4) is 45.0 Å². The van der Waals surface area contributed by atoms with Crippen LogP contribution in [-0.2, 0) is 0 Å². The summed E-state index contributed by atoms with van der Waals surface area (Å²) in [5.41, 5.74) is 9.45. The number of aromatic nitrogens is 3. The number of rotatable bonds is 5. The van der Waals surface area contributed by atoms with E-state index < -0.39 is 0 Å². The molecule has 0 amide bonds. The van der Waals surface area contributed by atoms with Crippen LogP contribution in [0.2, 0.25) is 0 Å². The van der Waals surface area contributed by atoms with Gasteiger partial charge in [-0.2, -0.15) is 0 Å². The topological polar surface area (TPSA) is 51.8 Å². The van der Waals surface area contributed by atoms with Crippen molar-refractivity contribution in [1.29, 1.82) is 0 Å². The van der Waals surface area contributed by atoms with E-state index in [0.717, 1.165) is 68.1 Å². The average molecular weight is 654 g/mol. The van der Waals surface area contributed by atoms with E-state index in [0.29, 0.717) is 11.6 Å². The van der Waals surface area contributed by atoms with Crippen molar-refractivity contribution in [3.05, 3.63) is 170 Å². The number of nitrogens with zero attached hydrogens (tertiary/aromatic N) is 3. The van der Waals surface area contributed by atoms with E-state index in [1.807, 2.05) is 30.3 Å². The van der Waals surface area contributed by atoms with E-state index in [1.54, 1.807) is 0 Å². The van der Waals surface area contributed by atoms with Crippen molar-refractivity contribution in [2.45, 2.75) is 12.8 Å². The molecule has 1 aliphatic carbocycles. The van der Waals surface area contributed by atoms with Crippen molar-refractivity contribution < 1.29 is 4.42 Å². The second-order valence-corrected chi connectivity index (χ2v) is 13.1. The Morgan fingerprint density at radius 1 is 0.451 bits per heavy atom. The summed E-state index contributed by atoms with van der Waals surface area (Å²) in [7, 11) is 0. The first-order chi connectivity index (χ1) is 25.3. The molecular weight excluding hydrogens is 623 g/mol. The molecule has 10 rings (SSSR count). The summed E-state index contributed by atoms with van der Waals surface area (Å²) in [6.07, 6.45) is 8.25. The Morgan fingerprint density at radius 2 is 1.12 bits per heavy atom. The van der Waals surface area contributed by atoms with Crippen LogP contribution < -0.4 is 0 Å². The van der Waals surface area contributed by atoms with Gasteiger partial charge in [-0.1, -0.05) is 146 Å².